The third kappa shape index (κ3) is 3.44. The first-order valence-electron chi connectivity index (χ1n) is 11.2. The summed E-state index contributed by atoms with van der Waals surface area (Å²) < 4.78 is 0. The van der Waals surface area contributed by atoms with Gasteiger partial charge in [0, 0.05) is 24.2 Å². The fraction of sp³-hybridized carbons (Fsp3) is 0. The minimum atomic E-state index is 0.744. The van der Waals surface area contributed by atoms with Crippen LogP contribution in [-0.4, -0.2) is 40.1 Å². The predicted molar refractivity (Wildman–Crippen MR) is 135 cm³/mol. The average Bonchev–Trinajstić information content (AvgIpc) is 3.66. The van der Waals surface area contributed by atoms with Gasteiger partial charge in [0.1, 0.15) is 11.4 Å². The monoisotopic (exact) mass is 454 g/mol. The SMILES string of the molecule is c1ccc(-c2nc3ccc(-c4ccc5nc(-c6cc(-c7ccncc7)n[nH]6)[nH]c5c4)cc3[nH]2)nc1. The zero-order valence-electron chi connectivity index (χ0n) is 18.4. The van der Waals surface area contributed by atoms with Gasteiger partial charge in [0.05, 0.1) is 27.8 Å². The largest absolute Gasteiger partial charge is 0.337 e. The molecule has 0 aliphatic carbocycles. The maximum atomic E-state index is 4.75. The summed E-state index contributed by atoms with van der Waals surface area (Å²) in [6.07, 6.45) is 5.28. The van der Waals surface area contributed by atoms with Gasteiger partial charge in [-0.15, -0.1) is 0 Å². The zero-order chi connectivity index (χ0) is 23.2. The van der Waals surface area contributed by atoms with E-state index in [0.717, 1.165) is 67.5 Å². The van der Waals surface area contributed by atoms with E-state index in [1.165, 1.54) is 0 Å². The van der Waals surface area contributed by atoms with E-state index < -0.39 is 0 Å². The van der Waals surface area contributed by atoms with Crippen LogP contribution in [0.5, 0.6) is 0 Å². The van der Waals surface area contributed by atoms with Crippen molar-refractivity contribution in [3.8, 4) is 45.4 Å². The molecule has 0 unspecified atom stereocenters. The average molecular weight is 454 g/mol. The fourth-order valence-corrected chi connectivity index (χ4v) is 4.24. The molecular formula is C27H18N8. The van der Waals surface area contributed by atoms with E-state index in [2.05, 4.69) is 59.4 Å². The zero-order valence-corrected chi connectivity index (χ0v) is 18.4. The normalized spacial score (nSPS) is 11.4. The third-order valence-corrected chi connectivity index (χ3v) is 6.01. The van der Waals surface area contributed by atoms with Crippen LogP contribution in [-0.2, 0) is 0 Å². The molecule has 166 valence electrons. The molecule has 0 amide bonds. The molecule has 0 fully saturated rings. The molecule has 35 heavy (non-hydrogen) atoms. The summed E-state index contributed by atoms with van der Waals surface area (Å²) in [6, 6.07) is 24.1. The van der Waals surface area contributed by atoms with Crippen molar-refractivity contribution in [2.24, 2.45) is 0 Å². The van der Waals surface area contributed by atoms with Gasteiger partial charge in [-0.1, -0.05) is 18.2 Å². The molecule has 0 atom stereocenters. The number of rotatable bonds is 4. The van der Waals surface area contributed by atoms with E-state index in [-0.39, 0.29) is 0 Å². The first-order valence-corrected chi connectivity index (χ1v) is 11.2. The van der Waals surface area contributed by atoms with Gasteiger partial charge >= 0.3 is 0 Å². The first-order chi connectivity index (χ1) is 17.3. The molecule has 5 heterocycles. The Hall–Kier alpha value is -5.11. The van der Waals surface area contributed by atoms with E-state index in [9.17, 15) is 0 Å². The van der Waals surface area contributed by atoms with Gasteiger partial charge in [-0.3, -0.25) is 15.1 Å². The molecular weight excluding hydrogens is 436 g/mol. The first kappa shape index (κ1) is 19.4. The standard InChI is InChI=1S/C27H18N8/c1-2-10-29-21(3-1)26-30-19-6-4-17(13-23(19)32-26)18-5-7-20-24(14-18)33-27(31-20)25-15-22(34-35-25)16-8-11-28-12-9-16/h1-15H,(H,30,32)(H,31,33)(H,34,35). The highest BCUT2D eigenvalue weighted by molar-refractivity contribution is 5.88. The number of hydrogen-bond acceptors (Lipinski definition) is 5. The smallest absolute Gasteiger partial charge is 0.157 e. The highest BCUT2D eigenvalue weighted by Crippen LogP contribution is 2.29. The molecule has 0 bridgehead atoms. The lowest BCUT2D eigenvalue weighted by molar-refractivity contribution is 1.08. The number of nitrogens with zero attached hydrogens (tertiary/aromatic N) is 5. The minimum Gasteiger partial charge on any atom is -0.337 e. The molecule has 8 heteroatoms. The molecule has 0 aliphatic rings. The number of imidazole rings is 2. The number of pyridine rings is 2. The van der Waals surface area contributed by atoms with Gasteiger partial charge in [-0.2, -0.15) is 5.10 Å². The highest BCUT2D eigenvalue weighted by Gasteiger charge is 2.12. The van der Waals surface area contributed by atoms with E-state index >= 15 is 0 Å². The number of aromatic nitrogens is 8. The molecule has 0 radical (unpaired) electrons. The Morgan fingerprint density at radius 2 is 1.29 bits per heavy atom. The van der Waals surface area contributed by atoms with Crippen molar-refractivity contribution < 1.29 is 0 Å². The van der Waals surface area contributed by atoms with Crippen LogP contribution in [0.3, 0.4) is 0 Å². The van der Waals surface area contributed by atoms with Crippen molar-refractivity contribution in [2.75, 3.05) is 0 Å². The van der Waals surface area contributed by atoms with Crippen molar-refractivity contribution in [1.29, 1.82) is 0 Å². The van der Waals surface area contributed by atoms with E-state index in [0.29, 0.717) is 0 Å². The number of hydrogen-bond donors (Lipinski definition) is 3. The van der Waals surface area contributed by atoms with Crippen LogP contribution in [0.4, 0.5) is 0 Å². The second-order valence-electron chi connectivity index (χ2n) is 8.25. The van der Waals surface area contributed by atoms with Crippen LogP contribution in [0.2, 0.25) is 0 Å². The molecule has 3 N–H and O–H groups in total. The Morgan fingerprint density at radius 3 is 2.00 bits per heavy atom. The molecule has 7 aromatic rings. The maximum Gasteiger partial charge on any atom is 0.157 e. The predicted octanol–water partition coefficient (Wildman–Crippen LogP) is 5.62. The van der Waals surface area contributed by atoms with Crippen LogP contribution in [0.15, 0.2) is 91.4 Å². The Labute approximate surface area is 199 Å². The van der Waals surface area contributed by atoms with Gasteiger partial charge in [0.2, 0.25) is 0 Å². The Bertz CT molecular complexity index is 1800. The number of benzene rings is 2. The summed E-state index contributed by atoms with van der Waals surface area (Å²) in [5, 5.41) is 7.51. The second kappa shape index (κ2) is 7.74. The van der Waals surface area contributed by atoms with Crippen molar-refractivity contribution >= 4 is 22.1 Å². The topological polar surface area (TPSA) is 112 Å². The number of fused-ring (bicyclic) bond motifs is 2. The molecule has 5 aromatic heterocycles. The highest BCUT2D eigenvalue weighted by atomic mass is 15.1. The summed E-state index contributed by atoms with van der Waals surface area (Å²) in [4.78, 5) is 24.7. The van der Waals surface area contributed by atoms with Crippen molar-refractivity contribution in [2.45, 2.75) is 0 Å². The molecule has 0 spiro atoms. The number of H-pyrrole nitrogens is 3. The van der Waals surface area contributed by atoms with Crippen LogP contribution < -0.4 is 0 Å². The van der Waals surface area contributed by atoms with Crippen molar-refractivity contribution in [3.05, 3.63) is 91.4 Å². The molecule has 2 aromatic carbocycles. The van der Waals surface area contributed by atoms with E-state index in [1.54, 1.807) is 18.6 Å². The van der Waals surface area contributed by atoms with Gasteiger partial charge in [0.25, 0.3) is 0 Å². The number of aromatic amines is 3. The fourth-order valence-electron chi connectivity index (χ4n) is 4.24. The lowest BCUT2D eigenvalue weighted by Crippen LogP contribution is -1.82. The molecule has 0 saturated carbocycles. The summed E-state index contributed by atoms with van der Waals surface area (Å²) in [5.74, 6) is 1.51. The van der Waals surface area contributed by atoms with E-state index in [4.69, 9.17) is 4.98 Å². The molecule has 0 aliphatic heterocycles. The Kier molecular flexibility index (Phi) is 4.28. The summed E-state index contributed by atoms with van der Waals surface area (Å²) in [6.45, 7) is 0. The Morgan fingerprint density at radius 1 is 0.571 bits per heavy atom. The quantitative estimate of drug-likeness (QED) is 0.320. The van der Waals surface area contributed by atoms with Gasteiger partial charge in [-0.25, -0.2) is 9.97 Å². The second-order valence-corrected chi connectivity index (χ2v) is 8.25. The summed E-state index contributed by atoms with van der Waals surface area (Å²) in [7, 11) is 0. The summed E-state index contributed by atoms with van der Waals surface area (Å²) >= 11 is 0. The van der Waals surface area contributed by atoms with Crippen molar-refractivity contribution in [1.82, 2.24) is 40.1 Å². The van der Waals surface area contributed by atoms with Gasteiger partial charge in [-0.05, 0) is 65.7 Å². The lowest BCUT2D eigenvalue weighted by Gasteiger charge is -2.01. The summed E-state index contributed by atoms with van der Waals surface area (Å²) in [5.41, 5.74) is 9.40. The molecule has 8 nitrogen and oxygen atoms in total. The van der Waals surface area contributed by atoms with Crippen molar-refractivity contribution in [3.63, 3.8) is 0 Å². The molecule has 0 saturated heterocycles. The van der Waals surface area contributed by atoms with Crippen LogP contribution in [0, 0.1) is 0 Å². The van der Waals surface area contributed by atoms with Gasteiger partial charge in [0.15, 0.2) is 11.6 Å². The lowest BCUT2D eigenvalue weighted by atomic mass is 10.0. The van der Waals surface area contributed by atoms with Crippen LogP contribution >= 0.6 is 0 Å². The van der Waals surface area contributed by atoms with Crippen LogP contribution in [0.25, 0.3) is 67.5 Å². The molecule has 7 rings (SSSR count). The Balaban J connectivity index is 1.23. The van der Waals surface area contributed by atoms with Gasteiger partial charge < -0.3 is 9.97 Å². The number of nitrogens with one attached hydrogen (secondary N) is 3. The van der Waals surface area contributed by atoms with E-state index in [1.807, 2.05) is 48.5 Å². The third-order valence-electron chi connectivity index (χ3n) is 6.01. The maximum absolute atomic E-state index is 4.75. The van der Waals surface area contributed by atoms with Crippen LogP contribution in [0.1, 0.15) is 0 Å². The minimum absolute atomic E-state index is 0.744.